The Morgan fingerprint density at radius 2 is 1.93 bits per heavy atom. The molecule has 0 bridgehead atoms. The molecular formula is C23H36N2O3. The molecule has 3 rings (SSSR count). The fraction of sp³-hybridized carbons (Fsp3) is 0.696. The Labute approximate surface area is 169 Å². The van der Waals surface area contributed by atoms with Crippen molar-refractivity contribution < 1.29 is 14.3 Å². The van der Waals surface area contributed by atoms with Gasteiger partial charge in [0.25, 0.3) is 5.91 Å². The maximum absolute atomic E-state index is 12.8. The lowest BCUT2D eigenvalue weighted by Crippen LogP contribution is -2.45. The van der Waals surface area contributed by atoms with Gasteiger partial charge in [-0.15, -0.1) is 0 Å². The van der Waals surface area contributed by atoms with E-state index in [9.17, 15) is 4.79 Å². The molecule has 1 heterocycles. The van der Waals surface area contributed by atoms with Crippen LogP contribution < -0.4 is 10.1 Å². The number of anilines is 1. The molecule has 0 unspecified atom stereocenters. The predicted molar refractivity (Wildman–Crippen MR) is 113 cm³/mol. The van der Waals surface area contributed by atoms with Crippen molar-refractivity contribution in [3.8, 4) is 5.75 Å². The summed E-state index contributed by atoms with van der Waals surface area (Å²) in [5.41, 5.74) is 0.0602. The van der Waals surface area contributed by atoms with Crippen LogP contribution in [-0.2, 0) is 9.53 Å². The minimum absolute atomic E-state index is 0.0452. The van der Waals surface area contributed by atoms with Gasteiger partial charge in [-0.05, 0) is 82.7 Å². The Morgan fingerprint density at radius 1 is 1.18 bits per heavy atom. The molecule has 0 aromatic heterocycles. The van der Waals surface area contributed by atoms with E-state index in [1.165, 1.54) is 25.8 Å². The quantitative estimate of drug-likeness (QED) is 0.642. The summed E-state index contributed by atoms with van der Waals surface area (Å²) in [7, 11) is 0. The minimum atomic E-state index is -0.726. The number of hydrogen-bond acceptors (Lipinski definition) is 4. The second-order valence-corrected chi connectivity index (χ2v) is 8.44. The molecule has 28 heavy (non-hydrogen) atoms. The first kappa shape index (κ1) is 21.1. The number of hydrogen-bond donors (Lipinski definition) is 1. The highest BCUT2D eigenvalue weighted by atomic mass is 16.5. The smallest absolute Gasteiger partial charge is 0.256 e. The summed E-state index contributed by atoms with van der Waals surface area (Å²) >= 11 is 0. The predicted octanol–water partition coefficient (Wildman–Crippen LogP) is 4.47. The van der Waals surface area contributed by atoms with E-state index < -0.39 is 5.60 Å². The van der Waals surface area contributed by atoms with Crippen LogP contribution >= 0.6 is 0 Å². The molecule has 1 aromatic carbocycles. The number of benzene rings is 1. The van der Waals surface area contributed by atoms with E-state index in [4.69, 9.17) is 9.47 Å². The van der Waals surface area contributed by atoms with Gasteiger partial charge >= 0.3 is 0 Å². The van der Waals surface area contributed by atoms with Gasteiger partial charge in [-0.3, -0.25) is 9.69 Å². The lowest BCUT2D eigenvalue weighted by atomic mass is 9.98. The lowest BCUT2D eigenvalue weighted by Gasteiger charge is -2.33. The van der Waals surface area contributed by atoms with Crippen LogP contribution in [0.3, 0.4) is 0 Å². The number of likely N-dealkylation sites (tertiary alicyclic amines) is 1. The molecule has 1 amide bonds. The molecule has 0 radical (unpaired) electrons. The first-order chi connectivity index (χ1) is 13.5. The Hall–Kier alpha value is -1.59. The van der Waals surface area contributed by atoms with Crippen molar-refractivity contribution in [1.82, 2.24) is 4.90 Å². The molecule has 1 aliphatic heterocycles. The van der Waals surface area contributed by atoms with E-state index in [0.717, 1.165) is 37.2 Å². The van der Waals surface area contributed by atoms with Crippen LogP contribution in [0.1, 0.15) is 59.3 Å². The average molecular weight is 389 g/mol. The fourth-order valence-corrected chi connectivity index (χ4v) is 3.98. The van der Waals surface area contributed by atoms with E-state index >= 15 is 0 Å². The number of carbonyl (C=O) groups is 1. The molecule has 2 aliphatic rings. The molecule has 2 fully saturated rings. The standard InChI is InChI=1S/C23H36N2O3/c1-4-16-28-23(3,19-8-9-19)22(26)24-20-10-12-21(13-11-20)27-17-15-25-14-6-5-7-18(25)2/h10-13,18-19H,4-9,14-17H2,1-3H3,(H,24,26)/t18-,23-/m1/s1. The van der Waals surface area contributed by atoms with Crippen LogP contribution in [-0.4, -0.2) is 48.8 Å². The largest absolute Gasteiger partial charge is 0.492 e. The van der Waals surface area contributed by atoms with Crippen molar-refractivity contribution >= 4 is 11.6 Å². The van der Waals surface area contributed by atoms with Crippen LogP contribution in [0, 0.1) is 5.92 Å². The third-order valence-corrected chi connectivity index (χ3v) is 6.11. The van der Waals surface area contributed by atoms with Gasteiger partial charge in [-0.25, -0.2) is 0 Å². The van der Waals surface area contributed by atoms with Gasteiger partial charge in [-0.1, -0.05) is 13.3 Å². The van der Waals surface area contributed by atoms with Crippen LogP contribution in [0.4, 0.5) is 5.69 Å². The van der Waals surface area contributed by atoms with Crippen LogP contribution in [0.2, 0.25) is 0 Å². The molecule has 1 aromatic rings. The van der Waals surface area contributed by atoms with E-state index in [0.29, 0.717) is 25.2 Å². The number of carbonyl (C=O) groups excluding carboxylic acids is 1. The molecule has 1 saturated heterocycles. The van der Waals surface area contributed by atoms with Gasteiger partial charge in [0.05, 0.1) is 0 Å². The van der Waals surface area contributed by atoms with Crippen molar-refractivity contribution in [3.05, 3.63) is 24.3 Å². The molecule has 0 spiro atoms. The second kappa shape index (κ2) is 9.75. The highest BCUT2D eigenvalue weighted by Crippen LogP contribution is 2.42. The number of ether oxygens (including phenoxy) is 2. The Morgan fingerprint density at radius 3 is 2.57 bits per heavy atom. The average Bonchev–Trinajstić information content (AvgIpc) is 3.54. The van der Waals surface area contributed by atoms with Gasteiger partial charge in [-0.2, -0.15) is 0 Å². The van der Waals surface area contributed by atoms with Crippen molar-refractivity contribution in [1.29, 1.82) is 0 Å². The number of rotatable bonds is 10. The first-order valence-corrected chi connectivity index (χ1v) is 10.9. The van der Waals surface area contributed by atoms with Crippen LogP contribution in [0.15, 0.2) is 24.3 Å². The van der Waals surface area contributed by atoms with Crippen LogP contribution in [0.5, 0.6) is 5.75 Å². The number of nitrogens with one attached hydrogen (secondary N) is 1. The molecule has 2 atom stereocenters. The first-order valence-electron chi connectivity index (χ1n) is 10.9. The molecule has 156 valence electrons. The zero-order valence-electron chi connectivity index (χ0n) is 17.7. The number of piperidine rings is 1. The molecular weight excluding hydrogens is 352 g/mol. The van der Waals surface area contributed by atoms with Gasteiger partial charge < -0.3 is 14.8 Å². The lowest BCUT2D eigenvalue weighted by molar-refractivity contribution is -0.142. The summed E-state index contributed by atoms with van der Waals surface area (Å²) < 4.78 is 11.8. The van der Waals surface area contributed by atoms with Crippen LogP contribution in [0.25, 0.3) is 0 Å². The summed E-state index contributed by atoms with van der Waals surface area (Å²) in [6.45, 7) is 9.74. The summed E-state index contributed by atoms with van der Waals surface area (Å²) in [6, 6.07) is 8.33. The summed E-state index contributed by atoms with van der Waals surface area (Å²) in [5.74, 6) is 1.13. The fourth-order valence-electron chi connectivity index (χ4n) is 3.98. The van der Waals surface area contributed by atoms with Crippen molar-refractivity contribution in [2.45, 2.75) is 70.9 Å². The number of amides is 1. The molecule has 1 saturated carbocycles. The van der Waals surface area contributed by atoms with E-state index in [1.807, 2.05) is 31.2 Å². The molecule has 1 aliphatic carbocycles. The van der Waals surface area contributed by atoms with Crippen molar-refractivity contribution in [2.24, 2.45) is 5.92 Å². The monoisotopic (exact) mass is 388 g/mol. The third kappa shape index (κ3) is 5.48. The molecule has 1 N–H and O–H groups in total. The summed E-state index contributed by atoms with van der Waals surface area (Å²) in [4.78, 5) is 15.3. The van der Waals surface area contributed by atoms with Gasteiger partial charge in [0.15, 0.2) is 0 Å². The summed E-state index contributed by atoms with van der Waals surface area (Å²) in [6.07, 6.45) is 6.97. The Balaban J connectivity index is 1.47. The summed E-state index contributed by atoms with van der Waals surface area (Å²) in [5, 5.41) is 3.03. The van der Waals surface area contributed by atoms with Gasteiger partial charge in [0.2, 0.25) is 0 Å². The van der Waals surface area contributed by atoms with E-state index in [2.05, 4.69) is 24.1 Å². The zero-order chi connectivity index (χ0) is 20.0. The minimum Gasteiger partial charge on any atom is -0.492 e. The highest BCUT2D eigenvalue weighted by molar-refractivity contribution is 5.97. The van der Waals surface area contributed by atoms with Gasteiger partial charge in [0.1, 0.15) is 18.0 Å². The maximum atomic E-state index is 12.8. The van der Waals surface area contributed by atoms with E-state index in [-0.39, 0.29) is 5.91 Å². The molecule has 5 nitrogen and oxygen atoms in total. The van der Waals surface area contributed by atoms with Gasteiger partial charge in [0, 0.05) is 24.9 Å². The van der Waals surface area contributed by atoms with E-state index in [1.54, 1.807) is 0 Å². The molecule has 5 heteroatoms. The second-order valence-electron chi connectivity index (χ2n) is 8.44. The highest BCUT2D eigenvalue weighted by Gasteiger charge is 2.48. The zero-order valence-corrected chi connectivity index (χ0v) is 17.7. The number of nitrogens with zero attached hydrogens (tertiary/aromatic N) is 1. The third-order valence-electron chi connectivity index (χ3n) is 6.11. The van der Waals surface area contributed by atoms with Crippen molar-refractivity contribution in [2.75, 3.05) is 31.6 Å². The Bertz CT molecular complexity index is 629. The maximum Gasteiger partial charge on any atom is 0.256 e. The van der Waals surface area contributed by atoms with Crippen molar-refractivity contribution in [3.63, 3.8) is 0 Å². The SMILES string of the molecule is CCCO[C@@](C)(C(=O)Nc1ccc(OCCN2CCCC[C@H]2C)cc1)C1CC1. The normalized spacial score (nSPS) is 22.5. The Kier molecular flexibility index (Phi) is 7.36. The topological polar surface area (TPSA) is 50.8 Å².